The molecule has 0 radical (unpaired) electrons. The van der Waals surface area contributed by atoms with E-state index >= 15 is 0 Å². The summed E-state index contributed by atoms with van der Waals surface area (Å²) in [6.07, 6.45) is 17.9. The summed E-state index contributed by atoms with van der Waals surface area (Å²) in [4.78, 5) is 2.50. The molecule has 0 bridgehead atoms. The molecule has 2 atom stereocenters. The minimum absolute atomic E-state index is 0.499. The van der Waals surface area contributed by atoms with Gasteiger partial charge in [0.25, 0.3) is 0 Å². The van der Waals surface area contributed by atoms with Crippen molar-refractivity contribution in [2.75, 3.05) is 27.3 Å². The lowest BCUT2D eigenvalue weighted by molar-refractivity contribution is 0.133. The van der Waals surface area contributed by atoms with Crippen molar-refractivity contribution in [3.8, 4) is 0 Å². The van der Waals surface area contributed by atoms with Crippen molar-refractivity contribution in [2.24, 2.45) is 10.8 Å². The molecule has 0 aromatic rings. The Hall–Kier alpha value is -0.120. The van der Waals surface area contributed by atoms with Gasteiger partial charge in [0, 0.05) is 19.6 Å². The molecule has 182 valence electrons. The van der Waals surface area contributed by atoms with Crippen molar-refractivity contribution in [3.63, 3.8) is 0 Å². The first kappa shape index (κ1) is 29.9. The molecule has 3 nitrogen and oxygen atoms in total. The molecule has 0 fully saturated rings. The van der Waals surface area contributed by atoms with Gasteiger partial charge in [-0.1, -0.05) is 93.4 Å². The van der Waals surface area contributed by atoms with Gasteiger partial charge in [0.2, 0.25) is 0 Å². The molecule has 0 aromatic heterocycles. The minimum Gasteiger partial charge on any atom is -0.290 e. The highest BCUT2D eigenvalue weighted by Crippen LogP contribution is 2.40. The molecule has 30 heavy (non-hydrogen) atoms. The summed E-state index contributed by atoms with van der Waals surface area (Å²) in [6, 6.07) is 0.692. The van der Waals surface area contributed by atoms with Crippen LogP contribution in [0.2, 0.25) is 0 Å². The fraction of sp³-hybridized carbons (Fsp3) is 1.00. The van der Waals surface area contributed by atoms with Gasteiger partial charge in [-0.3, -0.25) is 4.90 Å². The zero-order valence-corrected chi connectivity index (χ0v) is 22.6. The van der Waals surface area contributed by atoms with Gasteiger partial charge in [-0.15, -0.1) is 0 Å². The first-order chi connectivity index (χ1) is 14.1. The van der Waals surface area contributed by atoms with E-state index in [1.807, 2.05) is 0 Å². The van der Waals surface area contributed by atoms with Gasteiger partial charge in [-0.05, 0) is 56.4 Å². The molecule has 0 rings (SSSR count). The van der Waals surface area contributed by atoms with Crippen LogP contribution in [0.4, 0.5) is 0 Å². The van der Waals surface area contributed by atoms with Crippen LogP contribution in [0, 0.1) is 10.8 Å². The van der Waals surface area contributed by atoms with E-state index in [-0.39, 0.29) is 0 Å². The molecule has 0 saturated carbocycles. The minimum atomic E-state index is 0.499. The number of nitrogens with one attached hydrogen (secondary N) is 1. The van der Waals surface area contributed by atoms with Crippen molar-refractivity contribution >= 4 is 0 Å². The van der Waals surface area contributed by atoms with Gasteiger partial charge in [-0.2, -0.15) is 0 Å². The van der Waals surface area contributed by atoms with Crippen LogP contribution in [0.1, 0.15) is 132 Å². The highest BCUT2D eigenvalue weighted by atomic mass is 15.5. The van der Waals surface area contributed by atoms with Crippen LogP contribution in [0.25, 0.3) is 0 Å². The lowest BCUT2D eigenvalue weighted by atomic mass is 9.72. The number of hydrogen-bond acceptors (Lipinski definition) is 3. The fourth-order valence-electron chi connectivity index (χ4n) is 4.31. The van der Waals surface area contributed by atoms with E-state index in [2.05, 4.69) is 77.9 Å². The van der Waals surface area contributed by atoms with Gasteiger partial charge < -0.3 is 0 Å². The van der Waals surface area contributed by atoms with Crippen LogP contribution >= 0.6 is 0 Å². The van der Waals surface area contributed by atoms with Crippen LogP contribution in [0.5, 0.6) is 0 Å². The van der Waals surface area contributed by atoms with Crippen molar-refractivity contribution in [2.45, 2.75) is 138 Å². The van der Waals surface area contributed by atoms with Gasteiger partial charge >= 0.3 is 0 Å². The Morgan fingerprint density at radius 3 is 1.93 bits per heavy atom. The lowest BCUT2D eigenvalue weighted by Crippen LogP contribution is -2.45. The standard InChI is InChI=1S/C27H59N3/c1-10-14-15-17-20-27(7,23-22-26(5,6)12-3)21-18-16-19-25(11-2)29(8)24-28-30(9)13-4/h25,28H,10-24H2,1-9H3. The van der Waals surface area contributed by atoms with Crippen LogP contribution in [-0.4, -0.2) is 43.3 Å². The maximum atomic E-state index is 3.49. The highest BCUT2D eigenvalue weighted by Gasteiger charge is 2.27. The summed E-state index contributed by atoms with van der Waals surface area (Å²) in [6.45, 7) is 18.7. The summed E-state index contributed by atoms with van der Waals surface area (Å²) >= 11 is 0. The first-order valence-corrected chi connectivity index (χ1v) is 13.3. The van der Waals surface area contributed by atoms with Crippen LogP contribution in [-0.2, 0) is 0 Å². The number of rotatable bonds is 20. The Morgan fingerprint density at radius 1 is 0.767 bits per heavy atom. The highest BCUT2D eigenvalue weighted by molar-refractivity contribution is 4.79. The van der Waals surface area contributed by atoms with Gasteiger partial charge in [0.05, 0.1) is 6.67 Å². The smallest absolute Gasteiger partial charge is 0.0617 e. The maximum absolute atomic E-state index is 3.49. The zero-order chi connectivity index (χ0) is 23.0. The summed E-state index contributed by atoms with van der Waals surface area (Å²) in [5.41, 5.74) is 4.53. The number of hydrazine groups is 1. The molecule has 0 saturated heterocycles. The number of unbranched alkanes of at least 4 members (excludes halogenated alkanes) is 4. The van der Waals surface area contributed by atoms with Crippen LogP contribution in [0.3, 0.4) is 0 Å². The Kier molecular flexibility index (Phi) is 16.4. The Labute approximate surface area is 191 Å². The third-order valence-corrected chi connectivity index (χ3v) is 7.72. The van der Waals surface area contributed by atoms with E-state index < -0.39 is 0 Å². The average molecular weight is 426 g/mol. The topological polar surface area (TPSA) is 18.5 Å². The second-order valence-corrected chi connectivity index (χ2v) is 11.0. The average Bonchev–Trinajstić information content (AvgIpc) is 2.73. The molecule has 0 aliphatic carbocycles. The molecule has 0 aliphatic rings. The Bertz CT molecular complexity index is 396. The Morgan fingerprint density at radius 2 is 1.40 bits per heavy atom. The van der Waals surface area contributed by atoms with Crippen LogP contribution in [0.15, 0.2) is 0 Å². The molecular formula is C27H59N3. The quantitative estimate of drug-likeness (QED) is 0.122. The van der Waals surface area contributed by atoms with Gasteiger partial charge in [0.1, 0.15) is 0 Å². The van der Waals surface area contributed by atoms with E-state index in [9.17, 15) is 0 Å². The van der Waals surface area contributed by atoms with Crippen LogP contribution < -0.4 is 5.43 Å². The summed E-state index contributed by atoms with van der Waals surface area (Å²) in [7, 11) is 4.39. The van der Waals surface area contributed by atoms with E-state index in [4.69, 9.17) is 0 Å². The second kappa shape index (κ2) is 16.5. The van der Waals surface area contributed by atoms with Crippen molar-refractivity contribution < 1.29 is 0 Å². The Balaban J connectivity index is 4.54. The molecule has 3 heteroatoms. The molecule has 0 amide bonds. The van der Waals surface area contributed by atoms with E-state index in [0.717, 1.165) is 13.2 Å². The molecule has 2 unspecified atom stereocenters. The lowest BCUT2D eigenvalue weighted by Gasteiger charge is -2.34. The molecule has 1 N–H and O–H groups in total. The predicted octanol–water partition coefficient (Wildman–Crippen LogP) is 7.86. The van der Waals surface area contributed by atoms with Crippen molar-refractivity contribution in [1.82, 2.24) is 15.3 Å². The number of hydrogen-bond donors (Lipinski definition) is 1. The summed E-state index contributed by atoms with van der Waals surface area (Å²) < 4.78 is 0. The molecular weight excluding hydrogens is 366 g/mol. The fourth-order valence-corrected chi connectivity index (χ4v) is 4.31. The second-order valence-electron chi connectivity index (χ2n) is 11.0. The first-order valence-electron chi connectivity index (χ1n) is 13.3. The van der Waals surface area contributed by atoms with E-state index in [1.165, 1.54) is 83.5 Å². The SMILES string of the molecule is CCCCCCC(C)(CCCCC(CC)N(C)CNN(C)CC)CCC(C)(C)CC. The molecule has 0 aliphatic heterocycles. The normalized spacial score (nSPS) is 15.7. The molecule has 0 spiro atoms. The van der Waals surface area contributed by atoms with Crippen molar-refractivity contribution in [3.05, 3.63) is 0 Å². The molecule has 0 aromatic carbocycles. The maximum Gasteiger partial charge on any atom is 0.0617 e. The van der Waals surface area contributed by atoms with E-state index in [1.54, 1.807) is 0 Å². The number of nitrogens with zero attached hydrogens (tertiary/aromatic N) is 2. The predicted molar refractivity (Wildman–Crippen MR) is 137 cm³/mol. The third-order valence-electron chi connectivity index (χ3n) is 7.72. The largest absolute Gasteiger partial charge is 0.290 e. The summed E-state index contributed by atoms with van der Waals surface area (Å²) in [5, 5.41) is 2.17. The van der Waals surface area contributed by atoms with Gasteiger partial charge in [-0.25, -0.2) is 10.4 Å². The third kappa shape index (κ3) is 14.0. The van der Waals surface area contributed by atoms with Crippen molar-refractivity contribution in [1.29, 1.82) is 0 Å². The van der Waals surface area contributed by atoms with E-state index in [0.29, 0.717) is 16.9 Å². The molecule has 0 heterocycles. The monoisotopic (exact) mass is 425 g/mol. The van der Waals surface area contributed by atoms with Gasteiger partial charge in [0.15, 0.2) is 0 Å². The zero-order valence-electron chi connectivity index (χ0n) is 22.6. The summed E-state index contributed by atoms with van der Waals surface area (Å²) in [5.74, 6) is 0.